The first-order valence-electron chi connectivity index (χ1n) is 33.7. The van der Waals surface area contributed by atoms with Crippen LogP contribution in [0.4, 0.5) is 17.1 Å². The van der Waals surface area contributed by atoms with Crippen molar-refractivity contribution in [1.82, 2.24) is 0 Å². The largest absolute Gasteiger partial charge is 0.310 e. The molecule has 1 nitrogen and oxygen atoms in total. The van der Waals surface area contributed by atoms with Gasteiger partial charge in [-0.25, -0.2) is 0 Å². The highest BCUT2D eigenvalue weighted by atomic mass is 15.1. The Morgan fingerprint density at radius 3 is 1.30 bits per heavy atom. The van der Waals surface area contributed by atoms with E-state index in [4.69, 9.17) is 35.6 Å². The zero-order chi connectivity index (χ0) is 67.6. The number of rotatable bonds is 8. The van der Waals surface area contributed by atoms with Crippen molar-refractivity contribution in [2.75, 3.05) is 4.90 Å². The molecular weight excluding hydrogens is 639 g/mol. The zero-order valence-corrected chi connectivity index (χ0v) is 26.4. The van der Waals surface area contributed by atoms with Crippen LogP contribution in [-0.4, -0.2) is 0 Å². The molecule has 0 saturated heterocycles. The molecule has 53 heavy (non-hydrogen) atoms. The molecule has 250 valence electrons. The zero-order valence-electron chi connectivity index (χ0n) is 63.4. The second kappa shape index (κ2) is 14.3. The van der Waals surface area contributed by atoms with Gasteiger partial charge in [0, 0.05) is 16.9 Å². The maximum absolute atomic E-state index is 9.86. The third-order valence-electron chi connectivity index (χ3n) is 7.44. The van der Waals surface area contributed by atoms with Crippen LogP contribution in [0.2, 0.25) is 0 Å². The highest BCUT2D eigenvalue weighted by Gasteiger charge is 2.18. The van der Waals surface area contributed by atoms with Crippen LogP contribution in [0.25, 0.3) is 66.4 Å². The summed E-state index contributed by atoms with van der Waals surface area (Å²) in [5, 5.41) is -1.60. The summed E-state index contributed by atoms with van der Waals surface area (Å²) < 4.78 is 332. The topological polar surface area (TPSA) is 3.24 Å². The average Bonchev–Trinajstić information content (AvgIpc) is 0.717. The van der Waals surface area contributed by atoms with Crippen molar-refractivity contribution in [3.63, 3.8) is 0 Å². The van der Waals surface area contributed by atoms with Crippen LogP contribution in [0, 0.1) is 0 Å². The SMILES string of the molecule is [2H]c1c([2H])c([2H])c(-c2c([2H])c([2H])c(-c3c([2H])c([2H])c(N(c4c([2H])c([2H])c(-c5c([2H])c([2H])c6c([2H])c([2H])c([2H])c([2H])c6c5-c5c([2H])c([2H])c([2H])c([2H])c5[2H])c([2H])c4[2H])c4c([2H])c([2H])c([2H])c([2H])c4-c4c([2H])c([2H])c([2H])c([2H])c4[2H])c([2H])c3[2H])c([2H])c2[2H])c([2H])c1[2H]. The van der Waals surface area contributed by atoms with E-state index < -0.39 is 307 Å². The summed E-state index contributed by atoms with van der Waals surface area (Å²) >= 11 is 0. The molecule has 0 aliphatic heterocycles. The van der Waals surface area contributed by atoms with Gasteiger partial charge in [0.25, 0.3) is 0 Å². The van der Waals surface area contributed by atoms with Gasteiger partial charge in [-0.05, 0) is 91.1 Å². The molecule has 0 N–H and O–H groups in total. The van der Waals surface area contributed by atoms with E-state index in [1.54, 1.807) is 0 Å². The molecule has 0 radical (unpaired) electrons. The third-order valence-corrected chi connectivity index (χ3v) is 7.44. The molecule has 0 aliphatic carbocycles. The number of para-hydroxylation sites is 1. The van der Waals surface area contributed by atoms with Crippen LogP contribution >= 0.6 is 0 Å². The molecule has 0 heterocycles. The van der Waals surface area contributed by atoms with Gasteiger partial charge in [-0.15, -0.1) is 0 Å². The maximum atomic E-state index is 9.86. The number of fused-ring (bicyclic) bond motifs is 1. The van der Waals surface area contributed by atoms with Gasteiger partial charge >= 0.3 is 0 Å². The van der Waals surface area contributed by atoms with Crippen LogP contribution in [0.5, 0.6) is 0 Å². The summed E-state index contributed by atoms with van der Waals surface area (Å²) in [5.41, 5.74) is -14.0. The van der Waals surface area contributed by atoms with Crippen molar-refractivity contribution in [1.29, 1.82) is 0 Å². The molecule has 0 amide bonds. The minimum atomic E-state index is -1.48. The maximum Gasteiger partial charge on any atom is 0.0645 e. The first kappa shape index (κ1) is 11.3. The first-order valence-corrected chi connectivity index (χ1v) is 15.2. The Hall–Kier alpha value is -6.96. The number of hydrogen-bond acceptors (Lipinski definition) is 1. The molecule has 0 saturated carbocycles. The number of benzene rings is 9. The van der Waals surface area contributed by atoms with Crippen molar-refractivity contribution in [3.05, 3.63) is 224 Å². The number of anilines is 3. The minimum Gasteiger partial charge on any atom is -0.310 e. The van der Waals surface area contributed by atoms with Gasteiger partial charge in [0.15, 0.2) is 0 Å². The van der Waals surface area contributed by atoms with E-state index in [9.17, 15) is 15.1 Å². The van der Waals surface area contributed by atoms with Crippen molar-refractivity contribution in [2.24, 2.45) is 0 Å². The normalized spacial score (nSPS) is 20.8. The second-order valence-electron chi connectivity index (χ2n) is 10.5. The van der Waals surface area contributed by atoms with Gasteiger partial charge in [0.2, 0.25) is 0 Å². The fraction of sp³-hybridized carbons (Fsp3) is 0. The molecule has 0 bridgehead atoms. The lowest BCUT2D eigenvalue weighted by molar-refractivity contribution is 1.28. The van der Waals surface area contributed by atoms with Crippen molar-refractivity contribution in [3.8, 4) is 55.6 Å². The van der Waals surface area contributed by atoms with Gasteiger partial charge in [-0.2, -0.15) is 0 Å². The summed E-state index contributed by atoms with van der Waals surface area (Å²) in [6.45, 7) is 0. The summed E-state index contributed by atoms with van der Waals surface area (Å²) in [4.78, 5) is 0.185. The van der Waals surface area contributed by atoms with E-state index in [-0.39, 0.29) is 4.90 Å². The van der Waals surface area contributed by atoms with Gasteiger partial charge in [-0.1, -0.05) is 193 Å². The van der Waals surface area contributed by atoms with Gasteiger partial charge in [0.1, 0.15) is 0 Å². The first-order chi connectivity index (χ1) is 41.7. The molecular formula is C52H37N. The monoisotopic (exact) mass is 713 g/mol. The Balaban J connectivity index is 1.50. The van der Waals surface area contributed by atoms with E-state index in [0.29, 0.717) is 0 Å². The molecule has 0 atom stereocenters. The molecule has 0 spiro atoms. The van der Waals surface area contributed by atoms with Crippen LogP contribution in [0.15, 0.2) is 224 Å². The molecule has 9 aromatic carbocycles. The van der Waals surface area contributed by atoms with Gasteiger partial charge < -0.3 is 4.90 Å². The third kappa shape index (κ3) is 6.42. The molecule has 9 rings (SSSR count). The summed E-state index contributed by atoms with van der Waals surface area (Å²) in [5.74, 6) is 0. The van der Waals surface area contributed by atoms with Crippen LogP contribution < -0.4 is 4.90 Å². The smallest absolute Gasteiger partial charge is 0.0645 e. The highest BCUT2D eigenvalue weighted by molar-refractivity contribution is 6.04. The predicted molar refractivity (Wildman–Crippen MR) is 226 cm³/mol. The number of nitrogens with zero attached hydrogens (tertiary/aromatic N) is 1. The lowest BCUT2D eigenvalue weighted by atomic mass is 9.89. The fourth-order valence-electron chi connectivity index (χ4n) is 5.11. The Morgan fingerprint density at radius 1 is 0.283 bits per heavy atom. The Morgan fingerprint density at radius 2 is 0.698 bits per heavy atom. The summed E-state index contributed by atoms with van der Waals surface area (Å²) in [6, 6.07) is -43.2. The lowest BCUT2D eigenvalue weighted by Gasteiger charge is -2.28. The Bertz CT molecular complexity index is 4630. The van der Waals surface area contributed by atoms with Crippen LogP contribution in [0.3, 0.4) is 0 Å². The summed E-state index contributed by atoms with van der Waals surface area (Å²) in [6.07, 6.45) is 0. The summed E-state index contributed by atoms with van der Waals surface area (Å²) in [7, 11) is 0. The molecule has 0 fully saturated rings. The van der Waals surface area contributed by atoms with E-state index in [2.05, 4.69) is 0 Å². The predicted octanol–water partition coefficient (Wildman–Crippen LogP) is 14.6. The Labute approximate surface area is 363 Å². The average molecular weight is 713 g/mol. The minimum absolute atomic E-state index is 0.185. The lowest BCUT2D eigenvalue weighted by Crippen LogP contribution is -2.11. The standard InChI is InChI=1S/C52H37N/c1-4-14-38(15-5-1)39-24-26-40(27-25-39)41-28-33-46(34-29-41)53(51-23-13-12-21-48(51)42-16-6-2-7-17-42)47-35-30-44(31-36-47)50-37-32-43-18-10-11-22-49(43)52(50)45-19-8-3-9-20-45/h1-37H/i1D,2D,3D,4D,5D,6D,7D,8D,9D,10D,11D,12D,13D,14D,15D,16D,17D,18D,19D,20D,21D,22D,23D,24D,25D,26D,27D,28D,29D,30D,31D,32D,33D,34D,35D,36D,37D. The van der Waals surface area contributed by atoms with E-state index in [1.165, 1.54) is 0 Å². The van der Waals surface area contributed by atoms with Gasteiger partial charge in [0.05, 0.1) is 56.4 Å². The van der Waals surface area contributed by atoms with E-state index >= 15 is 0 Å². The van der Waals surface area contributed by atoms with Crippen LogP contribution in [0.1, 0.15) is 50.7 Å². The fourth-order valence-corrected chi connectivity index (χ4v) is 5.11. The van der Waals surface area contributed by atoms with Gasteiger partial charge in [-0.3, -0.25) is 0 Å². The van der Waals surface area contributed by atoms with E-state index in [1.807, 2.05) is 0 Å². The van der Waals surface area contributed by atoms with Crippen LogP contribution in [-0.2, 0) is 0 Å². The molecule has 0 aliphatic rings. The van der Waals surface area contributed by atoms with Crippen molar-refractivity contribution in [2.45, 2.75) is 0 Å². The molecule has 1 heteroatoms. The quantitative estimate of drug-likeness (QED) is 0.152. The molecule has 0 aromatic heterocycles. The van der Waals surface area contributed by atoms with Crippen molar-refractivity contribution >= 4 is 27.8 Å². The highest BCUT2D eigenvalue weighted by Crippen LogP contribution is 2.43. The Kier molecular flexibility index (Phi) is 3.05. The van der Waals surface area contributed by atoms with Crippen molar-refractivity contribution < 1.29 is 50.7 Å². The molecule has 9 aromatic rings. The molecule has 0 unspecified atom stereocenters. The second-order valence-corrected chi connectivity index (χ2v) is 10.5. The van der Waals surface area contributed by atoms with E-state index in [0.717, 1.165) is 0 Å². The number of hydrogen-bond donors (Lipinski definition) is 0.